The molecule has 9 heteroatoms. The Hall–Kier alpha value is -1.66. The summed E-state index contributed by atoms with van der Waals surface area (Å²) in [6, 6.07) is 6.37. The largest absolute Gasteiger partial charge is 0.379 e. The average molecular weight is 426 g/mol. The smallest absolute Gasteiger partial charge is 0.254 e. The zero-order chi connectivity index (χ0) is 20.2. The van der Waals surface area contributed by atoms with Crippen molar-refractivity contribution in [1.29, 1.82) is 5.26 Å². The van der Waals surface area contributed by atoms with E-state index in [2.05, 4.69) is 11.4 Å². The number of hydrogen-bond acceptors (Lipinski definition) is 5. The molecule has 1 aromatic carbocycles. The number of hydrogen-bond donors (Lipinski definition) is 1. The fourth-order valence-corrected chi connectivity index (χ4v) is 5.29. The third-order valence-corrected chi connectivity index (χ3v) is 7.54. The number of nitrogens with one attached hydrogen (secondary N) is 1. The standard InChI is InChI=1S/C19H24ClN3O4S/c20-17-6-5-15(28(25,26)23-9-11-27-12-10-23)13-16(17)18(24)22-19(14-21)7-3-1-2-4-8-19/h5-6,13H,1-4,7-12H2,(H,22,24). The number of ether oxygens (including phenoxy) is 1. The molecule has 1 saturated carbocycles. The number of halogens is 1. The van der Waals surface area contributed by atoms with Crippen LogP contribution in [0, 0.1) is 11.3 Å². The summed E-state index contributed by atoms with van der Waals surface area (Å²) in [5.74, 6) is -0.521. The maximum Gasteiger partial charge on any atom is 0.254 e. The van der Waals surface area contributed by atoms with E-state index in [-0.39, 0.29) is 28.6 Å². The van der Waals surface area contributed by atoms with Gasteiger partial charge in [0.15, 0.2) is 0 Å². The molecule has 1 amide bonds. The van der Waals surface area contributed by atoms with Gasteiger partial charge in [-0.3, -0.25) is 4.79 Å². The number of morpholine rings is 1. The van der Waals surface area contributed by atoms with E-state index >= 15 is 0 Å². The lowest BCUT2D eigenvalue weighted by Crippen LogP contribution is -2.47. The van der Waals surface area contributed by atoms with Gasteiger partial charge in [0, 0.05) is 13.1 Å². The molecular formula is C19H24ClN3O4S. The van der Waals surface area contributed by atoms with E-state index in [9.17, 15) is 18.5 Å². The molecule has 0 spiro atoms. The first kappa shape index (κ1) is 21.1. The molecule has 2 aliphatic rings. The lowest BCUT2D eigenvalue weighted by molar-refractivity contribution is 0.0730. The maximum atomic E-state index is 12.9. The quantitative estimate of drug-likeness (QED) is 0.747. The summed E-state index contributed by atoms with van der Waals surface area (Å²) in [7, 11) is -3.74. The second-order valence-electron chi connectivity index (χ2n) is 7.22. The molecule has 3 rings (SSSR count). The van der Waals surface area contributed by atoms with Gasteiger partial charge in [-0.05, 0) is 31.0 Å². The van der Waals surface area contributed by atoms with E-state index < -0.39 is 21.5 Å². The van der Waals surface area contributed by atoms with Crippen LogP contribution in [-0.2, 0) is 14.8 Å². The minimum Gasteiger partial charge on any atom is -0.379 e. The number of carbonyl (C=O) groups excluding carboxylic acids is 1. The van der Waals surface area contributed by atoms with Crippen LogP contribution in [0.1, 0.15) is 48.9 Å². The molecule has 152 valence electrons. The Kier molecular flexibility index (Phi) is 6.61. The maximum absolute atomic E-state index is 12.9. The van der Waals surface area contributed by atoms with Crippen molar-refractivity contribution in [3.63, 3.8) is 0 Å². The van der Waals surface area contributed by atoms with Crippen LogP contribution in [0.2, 0.25) is 5.02 Å². The number of nitriles is 1. The Morgan fingerprint density at radius 2 is 1.82 bits per heavy atom. The fourth-order valence-electron chi connectivity index (χ4n) is 3.66. The Bertz CT molecular complexity index is 868. The van der Waals surface area contributed by atoms with E-state index in [4.69, 9.17) is 16.3 Å². The van der Waals surface area contributed by atoms with Gasteiger partial charge in [0.2, 0.25) is 10.0 Å². The summed E-state index contributed by atoms with van der Waals surface area (Å²) < 4.78 is 32.3. The number of sulfonamides is 1. The Labute approximate surface area is 170 Å². The summed E-state index contributed by atoms with van der Waals surface area (Å²) in [4.78, 5) is 12.9. The molecule has 1 heterocycles. The predicted molar refractivity (Wildman–Crippen MR) is 105 cm³/mol. The second kappa shape index (κ2) is 8.78. The highest BCUT2D eigenvalue weighted by molar-refractivity contribution is 7.89. The van der Waals surface area contributed by atoms with Gasteiger partial charge in [-0.2, -0.15) is 9.57 Å². The van der Waals surface area contributed by atoms with Crippen LogP contribution >= 0.6 is 11.6 Å². The van der Waals surface area contributed by atoms with Crippen molar-refractivity contribution in [3.8, 4) is 6.07 Å². The van der Waals surface area contributed by atoms with Crippen LogP contribution in [0.3, 0.4) is 0 Å². The van der Waals surface area contributed by atoms with E-state index in [0.29, 0.717) is 26.1 Å². The van der Waals surface area contributed by atoms with Gasteiger partial charge in [-0.25, -0.2) is 8.42 Å². The van der Waals surface area contributed by atoms with Gasteiger partial charge >= 0.3 is 0 Å². The van der Waals surface area contributed by atoms with E-state index in [1.807, 2.05) is 0 Å². The monoisotopic (exact) mass is 425 g/mol. The summed E-state index contributed by atoms with van der Waals surface area (Å²) in [5, 5.41) is 12.7. The van der Waals surface area contributed by atoms with Crippen molar-refractivity contribution in [2.24, 2.45) is 0 Å². The highest BCUT2D eigenvalue weighted by atomic mass is 35.5. The summed E-state index contributed by atoms with van der Waals surface area (Å²) in [5.41, 5.74) is -0.870. The number of benzene rings is 1. The van der Waals surface area contributed by atoms with Gasteiger partial charge in [-0.15, -0.1) is 0 Å². The van der Waals surface area contributed by atoms with E-state index in [0.717, 1.165) is 25.7 Å². The molecule has 1 N–H and O–H groups in total. The molecule has 1 aliphatic heterocycles. The van der Waals surface area contributed by atoms with Crippen molar-refractivity contribution >= 4 is 27.5 Å². The number of rotatable bonds is 4. The van der Waals surface area contributed by atoms with Crippen molar-refractivity contribution in [1.82, 2.24) is 9.62 Å². The second-order valence-corrected chi connectivity index (χ2v) is 9.57. The Morgan fingerprint density at radius 1 is 1.18 bits per heavy atom. The molecule has 1 aromatic rings. The SMILES string of the molecule is N#CC1(NC(=O)c2cc(S(=O)(=O)N3CCOCC3)ccc2Cl)CCCCCC1. The van der Waals surface area contributed by atoms with Crippen molar-refractivity contribution in [2.75, 3.05) is 26.3 Å². The number of nitrogens with zero attached hydrogens (tertiary/aromatic N) is 2. The topological polar surface area (TPSA) is 99.5 Å². The van der Waals surface area contributed by atoms with Gasteiger partial charge in [0.1, 0.15) is 5.54 Å². The van der Waals surface area contributed by atoms with Crippen LogP contribution in [0.15, 0.2) is 23.1 Å². The first-order valence-electron chi connectivity index (χ1n) is 9.49. The fraction of sp³-hybridized carbons (Fsp3) is 0.579. The summed E-state index contributed by atoms with van der Waals surface area (Å²) >= 11 is 6.19. The third-order valence-electron chi connectivity index (χ3n) is 5.31. The minimum absolute atomic E-state index is 0.0100. The van der Waals surface area contributed by atoms with Crippen LogP contribution in [0.5, 0.6) is 0 Å². The first-order chi connectivity index (χ1) is 13.4. The van der Waals surface area contributed by atoms with Crippen molar-refractivity contribution in [3.05, 3.63) is 28.8 Å². The predicted octanol–water partition coefficient (Wildman–Crippen LogP) is 2.71. The first-order valence-corrected chi connectivity index (χ1v) is 11.3. The van der Waals surface area contributed by atoms with Gasteiger partial charge in [0.05, 0.1) is 34.8 Å². The van der Waals surface area contributed by atoms with Crippen molar-refractivity contribution in [2.45, 2.75) is 49.0 Å². The zero-order valence-corrected chi connectivity index (χ0v) is 17.2. The molecular weight excluding hydrogens is 402 g/mol. The van der Waals surface area contributed by atoms with Crippen molar-refractivity contribution < 1.29 is 17.9 Å². The lowest BCUT2D eigenvalue weighted by Gasteiger charge is -2.27. The lowest BCUT2D eigenvalue weighted by atomic mass is 9.91. The highest BCUT2D eigenvalue weighted by Gasteiger charge is 2.34. The minimum atomic E-state index is -3.74. The zero-order valence-electron chi connectivity index (χ0n) is 15.6. The number of carbonyl (C=O) groups is 1. The molecule has 0 radical (unpaired) electrons. The highest BCUT2D eigenvalue weighted by Crippen LogP contribution is 2.29. The molecule has 0 atom stereocenters. The normalized spacial score (nSPS) is 20.7. The Balaban J connectivity index is 1.86. The third kappa shape index (κ3) is 4.49. The van der Waals surface area contributed by atoms with Gasteiger partial charge < -0.3 is 10.1 Å². The molecule has 7 nitrogen and oxygen atoms in total. The molecule has 0 bridgehead atoms. The molecule has 0 unspecified atom stereocenters. The summed E-state index contributed by atoms with van der Waals surface area (Å²) in [6.07, 6.45) is 4.97. The van der Waals surface area contributed by atoms with E-state index in [1.165, 1.54) is 22.5 Å². The average Bonchev–Trinajstić information content (AvgIpc) is 2.94. The van der Waals surface area contributed by atoms with Gasteiger partial charge in [0.25, 0.3) is 5.91 Å². The molecule has 2 fully saturated rings. The van der Waals surface area contributed by atoms with Crippen LogP contribution in [0.25, 0.3) is 0 Å². The van der Waals surface area contributed by atoms with Crippen LogP contribution in [-0.4, -0.2) is 50.5 Å². The van der Waals surface area contributed by atoms with Crippen LogP contribution < -0.4 is 5.32 Å². The summed E-state index contributed by atoms with van der Waals surface area (Å²) in [6.45, 7) is 1.21. The van der Waals surface area contributed by atoms with Gasteiger partial charge in [-0.1, -0.05) is 37.3 Å². The van der Waals surface area contributed by atoms with E-state index in [1.54, 1.807) is 0 Å². The molecule has 1 saturated heterocycles. The molecule has 1 aliphatic carbocycles. The van der Waals surface area contributed by atoms with Crippen LogP contribution in [0.4, 0.5) is 0 Å². The Morgan fingerprint density at radius 3 is 2.43 bits per heavy atom. The number of amides is 1. The molecule has 28 heavy (non-hydrogen) atoms. The molecule has 0 aromatic heterocycles.